The Bertz CT molecular complexity index is 266. The second kappa shape index (κ2) is 2.84. The molecule has 0 saturated carbocycles. The van der Waals surface area contributed by atoms with Gasteiger partial charge in [-0.2, -0.15) is 0 Å². The maximum absolute atomic E-state index is 5.64. The number of ether oxygens (including phenoxy) is 1. The van der Waals surface area contributed by atoms with Crippen molar-refractivity contribution in [3.8, 4) is 0 Å². The lowest BCUT2D eigenvalue weighted by molar-refractivity contribution is -0.0294. The van der Waals surface area contributed by atoms with Crippen LogP contribution in [-0.4, -0.2) is 28.2 Å². The SMILES string of the molecule is C[C@@H](N)c1cn(C2COC2)nn1. The summed E-state index contributed by atoms with van der Waals surface area (Å²) in [6.07, 6.45) is 1.89. The van der Waals surface area contributed by atoms with E-state index in [4.69, 9.17) is 10.5 Å². The van der Waals surface area contributed by atoms with E-state index in [1.165, 1.54) is 0 Å². The van der Waals surface area contributed by atoms with Crippen LogP contribution >= 0.6 is 0 Å². The van der Waals surface area contributed by atoms with E-state index in [0.29, 0.717) is 6.04 Å². The Kier molecular flexibility index (Phi) is 1.82. The van der Waals surface area contributed by atoms with Gasteiger partial charge >= 0.3 is 0 Å². The topological polar surface area (TPSA) is 66.0 Å². The van der Waals surface area contributed by atoms with Crippen molar-refractivity contribution in [2.75, 3.05) is 13.2 Å². The Morgan fingerprint density at radius 3 is 2.92 bits per heavy atom. The van der Waals surface area contributed by atoms with Crippen LogP contribution in [0.4, 0.5) is 0 Å². The van der Waals surface area contributed by atoms with Crippen LogP contribution in [0, 0.1) is 0 Å². The molecule has 0 aliphatic carbocycles. The van der Waals surface area contributed by atoms with Gasteiger partial charge in [0.25, 0.3) is 0 Å². The lowest BCUT2D eigenvalue weighted by Crippen LogP contribution is -2.31. The van der Waals surface area contributed by atoms with Crippen LogP contribution < -0.4 is 5.73 Å². The fourth-order valence-corrected chi connectivity index (χ4v) is 1.05. The molecule has 5 heteroatoms. The molecule has 0 amide bonds. The summed E-state index contributed by atoms with van der Waals surface area (Å²) >= 11 is 0. The van der Waals surface area contributed by atoms with E-state index in [9.17, 15) is 0 Å². The van der Waals surface area contributed by atoms with Gasteiger partial charge in [0.05, 0.1) is 25.1 Å². The van der Waals surface area contributed by atoms with Crippen molar-refractivity contribution in [1.29, 1.82) is 0 Å². The lowest BCUT2D eigenvalue weighted by atomic mass is 10.2. The van der Waals surface area contributed by atoms with E-state index in [0.717, 1.165) is 18.9 Å². The minimum Gasteiger partial charge on any atom is -0.377 e. The van der Waals surface area contributed by atoms with Crippen molar-refractivity contribution >= 4 is 0 Å². The zero-order chi connectivity index (χ0) is 8.55. The number of aromatic nitrogens is 3. The number of hydrogen-bond donors (Lipinski definition) is 1. The van der Waals surface area contributed by atoms with Crippen LogP contribution in [0.2, 0.25) is 0 Å². The van der Waals surface area contributed by atoms with E-state index >= 15 is 0 Å². The largest absolute Gasteiger partial charge is 0.377 e. The monoisotopic (exact) mass is 168 g/mol. The second-order valence-electron chi connectivity index (χ2n) is 3.10. The molecule has 1 aromatic heterocycles. The predicted molar refractivity (Wildman–Crippen MR) is 42.5 cm³/mol. The molecule has 0 unspecified atom stereocenters. The van der Waals surface area contributed by atoms with Gasteiger partial charge in [-0.05, 0) is 6.92 Å². The molecular formula is C7H12N4O. The molecule has 0 bridgehead atoms. The third kappa shape index (κ3) is 1.21. The van der Waals surface area contributed by atoms with Crippen molar-refractivity contribution in [3.63, 3.8) is 0 Å². The van der Waals surface area contributed by atoms with Crippen LogP contribution in [0.5, 0.6) is 0 Å². The van der Waals surface area contributed by atoms with Crippen molar-refractivity contribution < 1.29 is 4.74 Å². The Morgan fingerprint density at radius 1 is 1.75 bits per heavy atom. The molecule has 1 aromatic rings. The first-order valence-corrected chi connectivity index (χ1v) is 4.02. The fourth-order valence-electron chi connectivity index (χ4n) is 1.05. The molecule has 5 nitrogen and oxygen atoms in total. The van der Waals surface area contributed by atoms with Gasteiger partial charge in [0.1, 0.15) is 6.04 Å². The van der Waals surface area contributed by atoms with Gasteiger partial charge < -0.3 is 10.5 Å². The average Bonchev–Trinajstić information content (AvgIpc) is 2.32. The minimum atomic E-state index is -0.0419. The molecule has 0 radical (unpaired) electrons. The third-order valence-electron chi connectivity index (χ3n) is 1.99. The summed E-state index contributed by atoms with van der Waals surface area (Å²) in [4.78, 5) is 0. The molecule has 2 rings (SSSR count). The zero-order valence-electron chi connectivity index (χ0n) is 6.97. The number of hydrogen-bond acceptors (Lipinski definition) is 4. The zero-order valence-corrected chi connectivity index (χ0v) is 6.97. The van der Waals surface area contributed by atoms with E-state index in [1.54, 1.807) is 0 Å². The molecule has 1 saturated heterocycles. The van der Waals surface area contributed by atoms with Crippen molar-refractivity contribution in [2.24, 2.45) is 5.73 Å². The molecule has 1 fully saturated rings. The summed E-state index contributed by atoms with van der Waals surface area (Å²) in [5.41, 5.74) is 6.47. The Hall–Kier alpha value is -0.940. The van der Waals surface area contributed by atoms with Crippen molar-refractivity contribution in [2.45, 2.75) is 19.0 Å². The first-order chi connectivity index (χ1) is 5.77. The number of nitrogens with two attached hydrogens (primary N) is 1. The molecule has 1 atom stereocenters. The Labute approximate surface area is 70.5 Å². The van der Waals surface area contributed by atoms with E-state index in [-0.39, 0.29) is 6.04 Å². The van der Waals surface area contributed by atoms with Gasteiger partial charge in [-0.15, -0.1) is 5.10 Å². The van der Waals surface area contributed by atoms with Gasteiger partial charge in [-0.3, -0.25) is 0 Å². The molecule has 0 spiro atoms. The number of rotatable bonds is 2. The van der Waals surface area contributed by atoms with E-state index < -0.39 is 0 Å². The van der Waals surface area contributed by atoms with Crippen LogP contribution in [0.15, 0.2) is 6.20 Å². The molecular weight excluding hydrogens is 156 g/mol. The molecule has 2 N–H and O–H groups in total. The Balaban J connectivity index is 2.12. The van der Waals surface area contributed by atoms with E-state index in [2.05, 4.69) is 10.3 Å². The molecule has 66 valence electrons. The molecule has 0 aromatic carbocycles. The summed E-state index contributed by atoms with van der Waals surface area (Å²) < 4.78 is 6.86. The normalized spacial score (nSPS) is 20.5. The highest BCUT2D eigenvalue weighted by Gasteiger charge is 2.21. The Morgan fingerprint density at radius 2 is 2.50 bits per heavy atom. The molecule has 12 heavy (non-hydrogen) atoms. The summed E-state index contributed by atoms with van der Waals surface area (Å²) in [6, 6.07) is 0.324. The summed E-state index contributed by atoms with van der Waals surface area (Å²) in [5, 5.41) is 7.92. The van der Waals surface area contributed by atoms with Crippen molar-refractivity contribution in [1.82, 2.24) is 15.0 Å². The minimum absolute atomic E-state index is 0.0419. The predicted octanol–water partition coefficient (Wildman–Crippen LogP) is -0.131. The van der Waals surface area contributed by atoms with Crippen LogP contribution in [-0.2, 0) is 4.74 Å². The highest BCUT2D eigenvalue weighted by atomic mass is 16.5. The standard InChI is InChI=1S/C7H12N4O/c1-5(8)7-2-11(10-9-7)6-3-12-4-6/h2,5-6H,3-4,8H2,1H3/t5-/m1/s1. The summed E-state index contributed by atoms with van der Waals surface area (Å²) in [6.45, 7) is 3.37. The van der Waals surface area contributed by atoms with Gasteiger partial charge in [0, 0.05) is 6.04 Å². The van der Waals surface area contributed by atoms with Gasteiger partial charge in [-0.1, -0.05) is 5.21 Å². The fraction of sp³-hybridized carbons (Fsp3) is 0.714. The third-order valence-corrected chi connectivity index (χ3v) is 1.99. The van der Waals surface area contributed by atoms with Crippen LogP contribution in [0.1, 0.15) is 24.7 Å². The van der Waals surface area contributed by atoms with Gasteiger partial charge in [-0.25, -0.2) is 4.68 Å². The summed E-state index contributed by atoms with van der Waals surface area (Å²) in [7, 11) is 0. The van der Waals surface area contributed by atoms with Gasteiger partial charge in [0.15, 0.2) is 0 Å². The first kappa shape index (κ1) is 7.70. The first-order valence-electron chi connectivity index (χ1n) is 4.02. The average molecular weight is 168 g/mol. The maximum atomic E-state index is 5.64. The number of nitrogens with zero attached hydrogens (tertiary/aromatic N) is 3. The van der Waals surface area contributed by atoms with Gasteiger partial charge in [0.2, 0.25) is 0 Å². The molecule has 1 aliphatic rings. The van der Waals surface area contributed by atoms with E-state index in [1.807, 2.05) is 17.8 Å². The highest BCUT2D eigenvalue weighted by Crippen LogP contribution is 2.16. The molecule has 1 aliphatic heterocycles. The molecule has 2 heterocycles. The van der Waals surface area contributed by atoms with Crippen LogP contribution in [0.3, 0.4) is 0 Å². The smallest absolute Gasteiger partial charge is 0.100 e. The second-order valence-corrected chi connectivity index (χ2v) is 3.10. The quantitative estimate of drug-likeness (QED) is 0.668. The highest BCUT2D eigenvalue weighted by molar-refractivity contribution is 4.98. The summed E-state index contributed by atoms with van der Waals surface area (Å²) in [5.74, 6) is 0. The van der Waals surface area contributed by atoms with Crippen molar-refractivity contribution in [3.05, 3.63) is 11.9 Å². The lowest BCUT2D eigenvalue weighted by Gasteiger charge is -2.25. The maximum Gasteiger partial charge on any atom is 0.100 e. The van der Waals surface area contributed by atoms with Crippen LogP contribution in [0.25, 0.3) is 0 Å².